The summed E-state index contributed by atoms with van der Waals surface area (Å²) in [5.74, 6) is 1.55. The molecule has 138 valence electrons. The molecule has 4 aromatic rings. The van der Waals surface area contributed by atoms with Gasteiger partial charge in [0.2, 0.25) is 0 Å². The van der Waals surface area contributed by atoms with E-state index in [2.05, 4.69) is 95.0 Å². The van der Waals surface area contributed by atoms with Gasteiger partial charge in [-0.15, -0.1) is 0 Å². The van der Waals surface area contributed by atoms with Crippen molar-refractivity contribution in [2.24, 2.45) is 0 Å². The third-order valence-corrected chi connectivity index (χ3v) is 5.22. The van der Waals surface area contributed by atoms with Crippen molar-refractivity contribution in [2.75, 3.05) is 0 Å². The van der Waals surface area contributed by atoms with Crippen LogP contribution in [0.25, 0.3) is 22.4 Å². The molecule has 1 heterocycles. The van der Waals surface area contributed by atoms with Crippen LogP contribution in [-0.4, -0.2) is 9.55 Å². The average Bonchev–Trinajstić information content (AvgIpc) is 3.01. The average molecular weight is 441 g/mol. The van der Waals surface area contributed by atoms with Gasteiger partial charge < -0.3 is 17.0 Å². The van der Waals surface area contributed by atoms with E-state index >= 15 is 0 Å². The van der Waals surface area contributed by atoms with Gasteiger partial charge in [0.1, 0.15) is 5.82 Å². The quantitative estimate of drug-likeness (QED) is 0.474. The molecule has 27 heavy (non-hydrogen) atoms. The fourth-order valence-corrected chi connectivity index (χ4v) is 3.67. The summed E-state index contributed by atoms with van der Waals surface area (Å²) < 4.78 is 3.37. The Morgan fingerprint density at radius 3 is 2.37 bits per heavy atom. The van der Waals surface area contributed by atoms with E-state index in [1.54, 1.807) is 0 Å². The van der Waals surface area contributed by atoms with Gasteiger partial charge in [0.05, 0.1) is 11.0 Å². The number of nitrogens with zero attached hydrogens (tertiary/aromatic N) is 2. The first-order valence-corrected chi connectivity index (χ1v) is 9.71. The molecule has 1 aromatic heterocycles. The van der Waals surface area contributed by atoms with Crippen molar-refractivity contribution in [3.05, 3.63) is 88.4 Å². The molecule has 0 spiro atoms. The molecule has 4 rings (SSSR count). The van der Waals surface area contributed by atoms with E-state index in [1.807, 2.05) is 12.1 Å². The van der Waals surface area contributed by atoms with E-state index in [9.17, 15) is 0 Å². The molecular weight excluding hydrogens is 420 g/mol. The highest BCUT2D eigenvalue weighted by Crippen LogP contribution is 2.28. The van der Waals surface area contributed by atoms with E-state index in [0.717, 1.165) is 33.4 Å². The second-order valence-corrected chi connectivity index (χ2v) is 7.83. The molecule has 3 aromatic carbocycles. The van der Waals surface area contributed by atoms with Crippen molar-refractivity contribution in [3.63, 3.8) is 0 Å². The molecular formula is C23H21BrClN2-. The first-order chi connectivity index (χ1) is 12.6. The van der Waals surface area contributed by atoms with Crippen LogP contribution in [0.4, 0.5) is 0 Å². The lowest BCUT2D eigenvalue weighted by molar-refractivity contribution is -0.00000521. The Bertz CT molecular complexity index is 1050. The van der Waals surface area contributed by atoms with Crippen LogP contribution >= 0.6 is 15.9 Å². The Morgan fingerprint density at radius 1 is 0.926 bits per heavy atom. The molecule has 0 amide bonds. The third kappa shape index (κ3) is 4.10. The topological polar surface area (TPSA) is 17.8 Å². The second kappa shape index (κ2) is 8.28. The van der Waals surface area contributed by atoms with Crippen LogP contribution in [0.15, 0.2) is 77.3 Å². The van der Waals surface area contributed by atoms with Crippen molar-refractivity contribution >= 4 is 27.0 Å². The number of fused-ring (bicyclic) bond motifs is 1. The number of benzene rings is 3. The standard InChI is InChI=1S/C23H21BrN2.ClH/c1-16(2)18-12-10-17(11-13-18)15-26-22-9-4-3-8-21(22)25-23(26)19-6-5-7-20(24)14-19;/h3-14,16H,15H2,1-2H3;1H/p-1. The van der Waals surface area contributed by atoms with Crippen molar-refractivity contribution in [1.82, 2.24) is 9.55 Å². The van der Waals surface area contributed by atoms with E-state index in [1.165, 1.54) is 11.1 Å². The van der Waals surface area contributed by atoms with Gasteiger partial charge in [0.15, 0.2) is 0 Å². The lowest BCUT2D eigenvalue weighted by Gasteiger charge is -2.11. The summed E-state index contributed by atoms with van der Waals surface area (Å²) in [5.41, 5.74) is 5.97. The largest absolute Gasteiger partial charge is 1.00 e. The lowest BCUT2D eigenvalue weighted by Crippen LogP contribution is -3.00. The number of halogens is 2. The molecule has 0 N–H and O–H groups in total. The SMILES string of the molecule is CC(C)c1ccc(Cn2c(-c3cccc(Br)c3)nc3ccccc32)cc1.[Cl-]. The van der Waals surface area contributed by atoms with Gasteiger partial charge in [0, 0.05) is 16.6 Å². The van der Waals surface area contributed by atoms with Crippen LogP contribution in [0.1, 0.15) is 30.9 Å². The highest BCUT2D eigenvalue weighted by Gasteiger charge is 2.13. The first kappa shape index (κ1) is 19.7. The van der Waals surface area contributed by atoms with Gasteiger partial charge in [0.25, 0.3) is 0 Å². The Hall–Kier alpha value is -2.10. The van der Waals surface area contributed by atoms with E-state index < -0.39 is 0 Å². The number of rotatable bonds is 4. The van der Waals surface area contributed by atoms with Crippen LogP contribution in [0.3, 0.4) is 0 Å². The first-order valence-electron chi connectivity index (χ1n) is 8.92. The highest BCUT2D eigenvalue weighted by atomic mass is 79.9. The van der Waals surface area contributed by atoms with Gasteiger partial charge in [-0.05, 0) is 41.3 Å². The molecule has 0 saturated carbocycles. The summed E-state index contributed by atoms with van der Waals surface area (Å²) in [7, 11) is 0. The zero-order chi connectivity index (χ0) is 18.1. The second-order valence-electron chi connectivity index (χ2n) is 6.92. The highest BCUT2D eigenvalue weighted by molar-refractivity contribution is 9.10. The molecule has 0 radical (unpaired) electrons. The molecule has 4 heteroatoms. The van der Waals surface area contributed by atoms with Crippen molar-refractivity contribution in [1.29, 1.82) is 0 Å². The van der Waals surface area contributed by atoms with Crippen LogP contribution in [0.5, 0.6) is 0 Å². The Labute approximate surface area is 174 Å². The molecule has 2 nitrogen and oxygen atoms in total. The van der Waals surface area contributed by atoms with Crippen LogP contribution in [0, 0.1) is 0 Å². The molecule has 0 atom stereocenters. The van der Waals surface area contributed by atoms with Crippen LogP contribution in [-0.2, 0) is 6.54 Å². The van der Waals surface area contributed by atoms with Gasteiger partial charge in [-0.1, -0.05) is 78.3 Å². The maximum Gasteiger partial charge on any atom is 0.141 e. The predicted octanol–water partition coefficient (Wildman–Crippen LogP) is 3.64. The third-order valence-electron chi connectivity index (χ3n) is 4.72. The molecule has 0 saturated heterocycles. The Morgan fingerprint density at radius 2 is 1.67 bits per heavy atom. The molecule has 0 aliphatic carbocycles. The normalized spacial score (nSPS) is 11.0. The monoisotopic (exact) mass is 439 g/mol. The fourth-order valence-electron chi connectivity index (χ4n) is 3.27. The van der Waals surface area contributed by atoms with Crippen LogP contribution in [0.2, 0.25) is 0 Å². The zero-order valence-corrected chi connectivity index (χ0v) is 17.7. The lowest BCUT2D eigenvalue weighted by atomic mass is 10.0. The van der Waals surface area contributed by atoms with Crippen LogP contribution < -0.4 is 12.4 Å². The Balaban J connectivity index is 0.00000210. The minimum Gasteiger partial charge on any atom is -1.00 e. The van der Waals surface area contributed by atoms with Gasteiger partial charge in [-0.2, -0.15) is 0 Å². The minimum atomic E-state index is 0. The maximum atomic E-state index is 4.91. The van der Waals surface area contributed by atoms with E-state index in [-0.39, 0.29) is 12.4 Å². The van der Waals surface area contributed by atoms with Gasteiger partial charge >= 0.3 is 0 Å². The van der Waals surface area contributed by atoms with Crippen molar-refractivity contribution < 1.29 is 12.4 Å². The molecule has 0 unspecified atom stereocenters. The molecule has 0 bridgehead atoms. The molecule has 0 aliphatic heterocycles. The summed E-state index contributed by atoms with van der Waals surface area (Å²) in [6.45, 7) is 5.26. The van der Waals surface area contributed by atoms with Crippen molar-refractivity contribution in [3.8, 4) is 11.4 Å². The predicted molar refractivity (Wildman–Crippen MR) is 113 cm³/mol. The number of imidazole rings is 1. The summed E-state index contributed by atoms with van der Waals surface area (Å²) in [5, 5.41) is 0. The number of hydrogen-bond acceptors (Lipinski definition) is 1. The number of aromatic nitrogens is 2. The molecule has 0 fully saturated rings. The number of para-hydroxylation sites is 2. The minimum absolute atomic E-state index is 0. The summed E-state index contributed by atoms with van der Waals surface area (Å²) in [6, 6.07) is 25.6. The molecule has 0 aliphatic rings. The smallest absolute Gasteiger partial charge is 0.141 e. The fraction of sp³-hybridized carbons (Fsp3) is 0.174. The summed E-state index contributed by atoms with van der Waals surface area (Å²) in [4.78, 5) is 4.91. The number of hydrogen-bond donors (Lipinski definition) is 0. The van der Waals surface area contributed by atoms with Gasteiger partial charge in [-0.25, -0.2) is 4.98 Å². The zero-order valence-electron chi connectivity index (χ0n) is 15.4. The van der Waals surface area contributed by atoms with E-state index in [4.69, 9.17) is 4.98 Å². The summed E-state index contributed by atoms with van der Waals surface area (Å²) in [6.07, 6.45) is 0. The van der Waals surface area contributed by atoms with Gasteiger partial charge in [-0.3, -0.25) is 0 Å². The van der Waals surface area contributed by atoms with Crippen molar-refractivity contribution in [2.45, 2.75) is 26.3 Å². The Kier molecular flexibility index (Phi) is 6.03. The van der Waals surface area contributed by atoms with E-state index in [0.29, 0.717) is 5.92 Å². The maximum absolute atomic E-state index is 4.91. The summed E-state index contributed by atoms with van der Waals surface area (Å²) >= 11 is 3.58.